The van der Waals surface area contributed by atoms with Crippen molar-refractivity contribution >= 4 is 0 Å². The predicted octanol–water partition coefficient (Wildman–Crippen LogP) is 3.73. The van der Waals surface area contributed by atoms with Crippen LogP contribution in [0.1, 0.15) is 22.7 Å². The number of hydrogen-bond acceptors (Lipinski definition) is 2. The number of nitrogens with one attached hydrogen (secondary N) is 1. The fraction of sp³-hybridized carbons (Fsp3) is 0.250. The van der Waals surface area contributed by atoms with Crippen LogP contribution in [0, 0.1) is 24.4 Å². The number of hydrogen-bond donors (Lipinski definition) is 1. The van der Waals surface area contributed by atoms with E-state index in [1.54, 1.807) is 20.0 Å². The van der Waals surface area contributed by atoms with Crippen molar-refractivity contribution in [3.05, 3.63) is 64.5 Å². The Hall–Kier alpha value is -2.01. The van der Waals surface area contributed by atoms with E-state index in [2.05, 4.69) is 5.32 Å². The second-order valence-corrected chi connectivity index (χ2v) is 4.73. The lowest BCUT2D eigenvalue weighted by atomic mass is 9.94. The van der Waals surface area contributed by atoms with Gasteiger partial charge in [-0.25, -0.2) is 13.2 Å². The van der Waals surface area contributed by atoms with Gasteiger partial charge in [0, 0.05) is 17.7 Å². The van der Waals surface area contributed by atoms with Crippen LogP contribution in [-0.2, 0) is 0 Å². The lowest BCUT2D eigenvalue weighted by molar-refractivity contribution is 0.403. The van der Waals surface area contributed by atoms with Crippen LogP contribution < -0.4 is 10.1 Å². The van der Waals surface area contributed by atoms with Crippen molar-refractivity contribution in [2.24, 2.45) is 0 Å². The first-order chi connectivity index (χ1) is 9.97. The molecule has 2 nitrogen and oxygen atoms in total. The van der Waals surface area contributed by atoms with Crippen molar-refractivity contribution in [2.45, 2.75) is 13.0 Å². The van der Waals surface area contributed by atoms with Crippen molar-refractivity contribution in [3.8, 4) is 5.75 Å². The Bertz CT molecular complexity index is 635. The SMILES string of the molecule is CNC(c1cc(F)ccc1C)c1c(F)cc(OC)cc1F. The normalized spacial score (nSPS) is 12.3. The lowest BCUT2D eigenvalue weighted by Crippen LogP contribution is -2.21. The van der Waals surface area contributed by atoms with E-state index >= 15 is 0 Å². The summed E-state index contributed by atoms with van der Waals surface area (Å²) in [5.41, 5.74) is 1.07. The highest BCUT2D eigenvalue weighted by molar-refractivity contribution is 5.41. The van der Waals surface area contributed by atoms with E-state index in [9.17, 15) is 13.2 Å². The van der Waals surface area contributed by atoms with Gasteiger partial charge in [0.25, 0.3) is 0 Å². The molecule has 1 unspecified atom stereocenters. The smallest absolute Gasteiger partial charge is 0.134 e. The van der Waals surface area contributed by atoms with Gasteiger partial charge in [-0.1, -0.05) is 6.07 Å². The molecule has 0 fully saturated rings. The molecule has 0 saturated heterocycles. The first kappa shape index (κ1) is 15.4. The summed E-state index contributed by atoms with van der Waals surface area (Å²) in [5.74, 6) is -1.84. The number of halogens is 3. The van der Waals surface area contributed by atoms with Crippen molar-refractivity contribution < 1.29 is 17.9 Å². The molecule has 0 radical (unpaired) electrons. The Morgan fingerprint density at radius 2 is 1.67 bits per heavy atom. The third-order valence-electron chi connectivity index (χ3n) is 3.42. The van der Waals surface area contributed by atoms with Crippen LogP contribution in [0.15, 0.2) is 30.3 Å². The third kappa shape index (κ3) is 3.03. The summed E-state index contributed by atoms with van der Waals surface area (Å²) < 4.78 is 46.7. The van der Waals surface area contributed by atoms with E-state index in [0.717, 1.165) is 17.7 Å². The fourth-order valence-electron chi connectivity index (χ4n) is 2.33. The van der Waals surface area contributed by atoms with Crippen molar-refractivity contribution in [1.82, 2.24) is 5.32 Å². The maximum Gasteiger partial charge on any atom is 0.134 e. The number of methoxy groups -OCH3 is 1. The highest BCUT2D eigenvalue weighted by Gasteiger charge is 2.23. The van der Waals surface area contributed by atoms with Crippen molar-refractivity contribution in [2.75, 3.05) is 14.2 Å². The van der Waals surface area contributed by atoms with Gasteiger partial charge in [-0.2, -0.15) is 0 Å². The van der Waals surface area contributed by atoms with E-state index in [1.807, 2.05) is 0 Å². The molecule has 0 heterocycles. The van der Waals surface area contributed by atoms with Gasteiger partial charge in [0.05, 0.1) is 13.2 Å². The minimum absolute atomic E-state index is 0.0968. The second kappa shape index (κ2) is 6.18. The molecule has 0 aromatic heterocycles. The topological polar surface area (TPSA) is 21.3 Å². The third-order valence-corrected chi connectivity index (χ3v) is 3.42. The molecular formula is C16H16F3NO. The summed E-state index contributed by atoms with van der Waals surface area (Å²) in [5, 5.41) is 2.83. The van der Waals surface area contributed by atoms with E-state index < -0.39 is 23.5 Å². The molecule has 112 valence electrons. The molecule has 0 amide bonds. The average molecular weight is 295 g/mol. The molecule has 21 heavy (non-hydrogen) atoms. The number of rotatable bonds is 4. The molecule has 0 spiro atoms. The standard InChI is InChI=1S/C16H16F3NO/c1-9-4-5-10(17)6-12(9)16(20-2)15-13(18)7-11(21-3)8-14(15)19/h4-8,16,20H,1-3H3. The fourth-order valence-corrected chi connectivity index (χ4v) is 2.33. The summed E-state index contributed by atoms with van der Waals surface area (Å²) in [6.07, 6.45) is 0. The van der Waals surface area contributed by atoms with Crippen LogP contribution in [0.2, 0.25) is 0 Å². The first-order valence-corrected chi connectivity index (χ1v) is 6.44. The maximum absolute atomic E-state index is 14.2. The highest BCUT2D eigenvalue weighted by atomic mass is 19.1. The number of ether oxygens (including phenoxy) is 1. The largest absolute Gasteiger partial charge is 0.497 e. The predicted molar refractivity (Wildman–Crippen MR) is 74.9 cm³/mol. The molecule has 2 aromatic carbocycles. The quantitative estimate of drug-likeness (QED) is 0.928. The molecule has 1 atom stereocenters. The van der Waals surface area contributed by atoms with Crippen molar-refractivity contribution in [1.29, 1.82) is 0 Å². The van der Waals surface area contributed by atoms with Gasteiger partial charge in [-0.15, -0.1) is 0 Å². The van der Waals surface area contributed by atoms with Gasteiger partial charge >= 0.3 is 0 Å². The zero-order chi connectivity index (χ0) is 15.6. The van der Waals surface area contributed by atoms with Crippen LogP contribution >= 0.6 is 0 Å². The van der Waals surface area contributed by atoms with E-state index in [-0.39, 0.29) is 11.3 Å². The summed E-state index contributed by atoms with van der Waals surface area (Å²) >= 11 is 0. The number of benzene rings is 2. The minimum atomic E-state index is -0.786. The molecule has 0 aliphatic heterocycles. The molecule has 0 saturated carbocycles. The zero-order valence-corrected chi connectivity index (χ0v) is 12.0. The molecular weight excluding hydrogens is 279 g/mol. The highest BCUT2D eigenvalue weighted by Crippen LogP contribution is 2.31. The summed E-state index contributed by atoms with van der Waals surface area (Å²) in [4.78, 5) is 0. The first-order valence-electron chi connectivity index (χ1n) is 6.44. The van der Waals surface area contributed by atoms with E-state index in [1.165, 1.54) is 19.2 Å². The van der Waals surface area contributed by atoms with Gasteiger partial charge < -0.3 is 10.1 Å². The number of aryl methyl sites for hydroxylation is 1. The minimum Gasteiger partial charge on any atom is -0.497 e. The molecule has 1 N–H and O–H groups in total. The Kier molecular flexibility index (Phi) is 4.53. The van der Waals surface area contributed by atoms with Crippen molar-refractivity contribution in [3.63, 3.8) is 0 Å². The second-order valence-electron chi connectivity index (χ2n) is 4.73. The van der Waals surface area contributed by atoms with E-state index in [0.29, 0.717) is 5.56 Å². The molecule has 2 aromatic rings. The van der Waals surface area contributed by atoms with Crippen LogP contribution in [0.4, 0.5) is 13.2 Å². The summed E-state index contributed by atoms with van der Waals surface area (Å²) in [6.45, 7) is 1.76. The van der Waals surface area contributed by atoms with Gasteiger partial charge in [-0.3, -0.25) is 0 Å². The van der Waals surface area contributed by atoms with Crippen LogP contribution in [0.5, 0.6) is 5.75 Å². The molecule has 2 rings (SSSR count). The average Bonchev–Trinajstić information content (AvgIpc) is 2.45. The van der Waals surface area contributed by atoms with Crippen LogP contribution in [0.25, 0.3) is 0 Å². The maximum atomic E-state index is 14.2. The molecule has 5 heteroatoms. The van der Waals surface area contributed by atoms with Crippen LogP contribution in [0.3, 0.4) is 0 Å². The van der Waals surface area contributed by atoms with Gasteiger partial charge in [0.15, 0.2) is 0 Å². The Morgan fingerprint density at radius 3 is 2.19 bits per heavy atom. The van der Waals surface area contributed by atoms with Crippen LogP contribution in [-0.4, -0.2) is 14.2 Å². The Morgan fingerprint density at radius 1 is 1.05 bits per heavy atom. The zero-order valence-electron chi connectivity index (χ0n) is 12.0. The molecule has 0 aliphatic rings. The monoisotopic (exact) mass is 295 g/mol. The van der Waals surface area contributed by atoms with E-state index in [4.69, 9.17) is 4.74 Å². The Balaban J connectivity index is 2.59. The molecule has 0 aliphatic carbocycles. The van der Waals surface area contributed by atoms with Gasteiger partial charge in [-0.05, 0) is 37.2 Å². The summed E-state index contributed by atoms with van der Waals surface area (Å²) in [6, 6.07) is 5.60. The van der Waals surface area contributed by atoms with Gasteiger partial charge in [0.1, 0.15) is 23.2 Å². The Labute approximate surface area is 121 Å². The summed E-state index contributed by atoms with van der Waals surface area (Å²) in [7, 11) is 2.90. The molecule has 0 bridgehead atoms. The lowest BCUT2D eigenvalue weighted by Gasteiger charge is -2.21. The van der Waals surface area contributed by atoms with Gasteiger partial charge in [0.2, 0.25) is 0 Å².